The number of hydrogen-bond donors (Lipinski definition) is 0. The highest BCUT2D eigenvalue weighted by molar-refractivity contribution is 7.18. The molecule has 1 aromatic carbocycles. The highest BCUT2D eigenvalue weighted by Gasteiger charge is 2.29. The molecule has 1 aliphatic rings. The molecule has 8 heteroatoms. The van der Waals surface area contributed by atoms with E-state index in [-0.39, 0.29) is 30.5 Å². The fraction of sp³-hybridized carbons (Fsp3) is 0.391. The molecular weight excluding hydrogens is 410 g/mol. The van der Waals surface area contributed by atoms with Gasteiger partial charge < -0.3 is 4.90 Å². The van der Waals surface area contributed by atoms with Crippen LogP contribution in [0, 0.1) is 25.2 Å². The lowest BCUT2D eigenvalue weighted by Gasteiger charge is -2.38. The molecule has 0 bridgehead atoms. The topological polar surface area (TPSA) is 82.2 Å². The predicted octanol–water partition coefficient (Wildman–Crippen LogP) is 2.70. The number of carbonyl (C=O) groups excluding carboxylic acids is 1. The Morgan fingerprint density at radius 2 is 2.03 bits per heavy atom. The Morgan fingerprint density at radius 1 is 1.26 bits per heavy atom. The van der Waals surface area contributed by atoms with Gasteiger partial charge in [0.1, 0.15) is 10.9 Å². The molecule has 0 spiro atoms. The minimum atomic E-state index is -0.338. The summed E-state index contributed by atoms with van der Waals surface area (Å²) in [5, 5.41) is 10.3. The maximum absolute atomic E-state index is 12.8. The van der Waals surface area contributed by atoms with Gasteiger partial charge in [-0.3, -0.25) is 19.1 Å². The highest BCUT2D eigenvalue weighted by atomic mass is 32.1. The largest absolute Gasteiger partial charge is 0.339 e. The minimum absolute atomic E-state index is 0.0372. The van der Waals surface area contributed by atoms with Crippen molar-refractivity contribution in [2.45, 2.75) is 39.4 Å². The summed E-state index contributed by atoms with van der Waals surface area (Å²) < 4.78 is 1.52. The van der Waals surface area contributed by atoms with E-state index in [9.17, 15) is 14.9 Å². The smallest absolute Gasteiger partial charge is 0.262 e. The van der Waals surface area contributed by atoms with Crippen molar-refractivity contribution in [1.29, 1.82) is 5.26 Å². The van der Waals surface area contributed by atoms with Crippen molar-refractivity contribution < 1.29 is 4.79 Å². The molecular formula is C23H25N5O2S. The van der Waals surface area contributed by atoms with Crippen molar-refractivity contribution in [2.24, 2.45) is 0 Å². The number of carbonyl (C=O) groups is 1. The van der Waals surface area contributed by atoms with E-state index in [2.05, 4.69) is 16.0 Å². The predicted molar refractivity (Wildman–Crippen MR) is 121 cm³/mol. The summed E-state index contributed by atoms with van der Waals surface area (Å²) in [6, 6.07) is 12.0. The number of benzene rings is 1. The number of aryl methyl sites for hydroxylation is 3. The van der Waals surface area contributed by atoms with Gasteiger partial charge in [-0.1, -0.05) is 30.3 Å². The first-order chi connectivity index (χ1) is 15.0. The second kappa shape index (κ2) is 9.00. The van der Waals surface area contributed by atoms with E-state index in [0.29, 0.717) is 31.6 Å². The molecule has 1 saturated heterocycles. The number of aromatic nitrogens is 2. The Hall–Kier alpha value is -3.02. The molecule has 0 radical (unpaired) electrons. The molecule has 0 N–H and O–H groups in total. The number of rotatable bonds is 5. The van der Waals surface area contributed by atoms with Crippen LogP contribution in [-0.4, -0.2) is 50.9 Å². The molecule has 31 heavy (non-hydrogen) atoms. The van der Waals surface area contributed by atoms with E-state index in [1.54, 1.807) is 4.90 Å². The molecule has 1 amide bonds. The molecule has 0 saturated carbocycles. The third kappa shape index (κ3) is 4.38. The van der Waals surface area contributed by atoms with Gasteiger partial charge in [0, 0.05) is 44.0 Å². The molecule has 1 fully saturated rings. The molecule has 2 aromatic heterocycles. The summed E-state index contributed by atoms with van der Waals surface area (Å²) >= 11 is 1.52. The molecule has 160 valence electrons. The average molecular weight is 436 g/mol. The molecule has 1 atom stereocenters. The van der Waals surface area contributed by atoms with Crippen LogP contribution in [0.1, 0.15) is 22.4 Å². The van der Waals surface area contributed by atoms with Crippen LogP contribution in [0.3, 0.4) is 0 Å². The Kier molecular flexibility index (Phi) is 6.16. The maximum Gasteiger partial charge on any atom is 0.262 e. The van der Waals surface area contributed by atoms with Crippen molar-refractivity contribution in [3.8, 4) is 6.07 Å². The number of fused-ring (bicyclic) bond motifs is 1. The molecule has 3 aromatic rings. The van der Waals surface area contributed by atoms with Crippen molar-refractivity contribution in [1.82, 2.24) is 19.4 Å². The van der Waals surface area contributed by atoms with Crippen molar-refractivity contribution in [2.75, 3.05) is 19.6 Å². The van der Waals surface area contributed by atoms with Crippen molar-refractivity contribution >= 4 is 27.5 Å². The third-order valence-corrected chi connectivity index (χ3v) is 7.06. The van der Waals surface area contributed by atoms with Crippen molar-refractivity contribution in [3.05, 3.63) is 63.0 Å². The summed E-state index contributed by atoms with van der Waals surface area (Å²) in [5.41, 5.74) is 2.02. The summed E-state index contributed by atoms with van der Waals surface area (Å²) in [7, 11) is 0. The number of hydrogen-bond acceptors (Lipinski definition) is 6. The first-order valence-electron chi connectivity index (χ1n) is 10.4. The number of nitriles is 1. The van der Waals surface area contributed by atoms with E-state index in [1.807, 2.05) is 44.2 Å². The van der Waals surface area contributed by atoms with E-state index in [0.717, 1.165) is 20.8 Å². The molecule has 1 aliphatic heterocycles. The summed E-state index contributed by atoms with van der Waals surface area (Å²) in [4.78, 5) is 35.7. The lowest BCUT2D eigenvalue weighted by molar-refractivity contribution is -0.134. The number of amides is 1. The first-order valence-corrected chi connectivity index (χ1v) is 11.2. The zero-order valence-electron chi connectivity index (χ0n) is 17.7. The van der Waals surface area contributed by atoms with Gasteiger partial charge >= 0.3 is 0 Å². The number of nitrogens with zero attached hydrogens (tertiary/aromatic N) is 5. The molecule has 1 unspecified atom stereocenters. The van der Waals surface area contributed by atoms with E-state index >= 15 is 0 Å². The van der Waals surface area contributed by atoms with Gasteiger partial charge in [0.2, 0.25) is 5.91 Å². The summed E-state index contributed by atoms with van der Waals surface area (Å²) in [6.07, 6.45) is 1.75. The van der Waals surface area contributed by atoms with E-state index in [4.69, 9.17) is 0 Å². The Morgan fingerprint density at radius 3 is 2.77 bits per heavy atom. The lowest BCUT2D eigenvalue weighted by Crippen LogP contribution is -2.53. The quantitative estimate of drug-likeness (QED) is 0.615. The van der Waals surface area contributed by atoms with Crippen LogP contribution in [0.15, 0.2) is 41.5 Å². The molecule has 7 nitrogen and oxygen atoms in total. The SMILES string of the molecule is Cc1sc2ncn(CCC(=O)N3CCN(Cc4ccccc4)C(C#N)C3)c(=O)c2c1C. The first kappa shape index (κ1) is 21.2. The Balaban J connectivity index is 1.39. The number of thiophene rings is 1. The van der Waals surface area contributed by atoms with Crippen LogP contribution in [0.4, 0.5) is 0 Å². The van der Waals surface area contributed by atoms with Crippen LogP contribution in [0.25, 0.3) is 10.2 Å². The standard InChI is InChI=1S/C23H25N5O2S/c1-16-17(2)31-22-21(16)23(30)28(15-25-22)9-8-20(29)27-11-10-26(19(12-24)14-27)13-18-6-4-3-5-7-18/h3-7,15,19H,8-11,13-14H2,1-2H3. The minimum Gasteiger partial charge on any atom is -0.339 e. The van der Waals surface area contributed by atoms with Gasteiger partial charge in [-0.05, 0) is 25.0 Å². The lowest BCUT2D eigenvalue weighted by atomic mass is 10.1. The van der Waals surface area contributed by atoms with Gasteiger partial charge in [0.15, 0.2) is 0 Å². The van der Waals surface area contributed by atoms with Crippen LogP contribution < -0.4 is 5.56 Å². The highest BCUT2D eigenvalue weighted by Crippen LogP contribution is 2.25. The molecule has 0 aliphatic carbocycles. The van der Waals surface area contributed by atoms with Crippen LogP contribution >= 0.6 is 11.3 Å². The van der Waals surface area contributed by atoms with E-state index < -0.39 is 0 Å². The van der Waals surface area contributed by atoms with Gasteiger partial charge in [0.25, 0.3) is 5.56 Å². The zero-order chi connectivity index (χ0) is 22.0. The van der Waals surface area contributed by atoms with Gasteiger partial charge in [-0.2, -0.15) is 5.26 Å². The summed E-state index contributed by atoms with van der Waals surface area (Å²) in [5.74, 6) is -0.0372. The maximum atomic E-state index is 12.8. The number of piperazine rings is 1. The third-order valence-electron chi connectivity index (χ3n) is 5.94. The fourth-order valence-electron chi connectivity index (χ4n) is 3.98. The zero-order valence-corrected chi connectivity index (χ0v) is 18.6. The van der Waals surface area contributed by atoms with E-state index in [1.165, 1.54) is 22.2 Å². The molecule has 4 rings (SSSR count). The Labute approximate surface area is 185 Å². The van der Waals surface area contributed by atoms with Crippen molar-refractivity contribution in [3.63, 3.8) is 0 Å². The van der Waals surface area contributed by atoms with Gasteiger partial charge in [-0.15, -0.1) is 11.3 Å². The second-order valence-electron chi connectivity index (χ2n) is 7.90. The van der Waals surface area contributed by atoms with Crippen LogP contribution in [-0.2, 0) is 17.9 Å². The summed E-state index contributed by atoms with van der Waals surface area (Å²) in [6.45, 7) is 6.52. The van der Waals surface area contributed by atoms with Crippen LogP contribution in [0.2, 0.25) is 0 Å². The normalized spacial score (nSPS) is 17.1. The Bertz CT molecular complexity index is 1190. The van der Waals surface area contributed by atoms with Gasteiger partial charge in [-0.25, -0.2) is 4.98 Å². The van der Waals surface area contributed by atoms with Gasteiger partial charge in [0.05, 0.1) is 17.8 Å². The average Bonchev–Trinajstić information content (AvgIpc) is 3.08. The second-order valence-corrected chi connectivity index (χ2v) is 9.10. The molecule has 3 heterocycles. The van der Waals surface area contributed by atoms with Crippen LogP contribution in [0.5, 0.6) is 0 Å². The fourth-order valence-corrected chi connectivity index (χ4v) is 4.97. The monoisotopic (exact) mass is 435 g/mol.